The molecule has 1 aromatic carbocycles. The van der Waals surface area contributed by atoms with Crippen LogP contribution in [0.2, 0.25) is 0 Å². The van der Waals surface area contributed by atoms with Gasteiger partial charge < -0.3 is 24.6 Å². The topological polar surface area (TPSA) is 96.3 Å². The lowest BCUT2D eigenvalue weighted by Crippen LogP contribution is -2.27. The molecule has 21 heavy (non-hydrogen) atoms. The van der Waals surface area contributed by atoms with Crippen LogP contribution in [0.3, 0.4) is 0 Å². The van der Waals surface area contributed by atoms with Gasteiger partial charge in [-0.1, -0.05) is 0 Å². The molecule has 0 bridgehead atoms. The molecule has 1 aliphatic rings. The van der Waals surface area contributed by atoms with Gasteiger partial charge in [-0.2, -0.15) is 0 Å². The SMILES string of the molecule is COc1cc(C(=O)O)c(N2CC(CO)CC2=O)cc1OC. The first-order valence-electron chi connectivity index (χ1n) is 6.42. The predicted octanol–water partition coefficient (Wildman–Crippen LogP) is 0.747. The van der Waals surface area contributed by atoms with Gasteiger partial charge in [-0.15, -0.1) is 0 Å². The van der Waals surface area contributed by atoms with E-state index < -0.39 is 5.97 Å². The molecule has 0 spiro atoms. The van der Waals surface area contributed by atoms with E-state index in [0.717, 1.165) is 0 Å². The molecule has 1 heterocycles. The van der Waals surface area contributed by atoms with Crippen molar-refractivity contribution in [3.8, 4) is 11.5 Å². The average Bonchev–Trinajstić information content (AvgIpc) is 2.86. The summed E-state index contributed by atoms with van der Waals surface area (Å²) in [7, 11) is 2.84. The van der Waals surface area contributed by atoms with Crippen LogP contribution in [0.1, 0.15) is 16.8 Å². The molecule has 1 unspecified atom stereocenters. The number of carbonyl (C=O) groups excluding carboxylic acids is 1. The molecule has 2 rings (SSSR count). The van der Waals surface area contributed by atoms with Crippen LogP contribution < -0.4 is 14.4 Å². The van der Waals surface area contributed by atoms with E-state index in [2.05, 4.69) is 0 Å². The molecule has 1 atom stereocenters. The van der Waals surface area contributed by atoms with Crippen molar-refractivity contribution in [1.29, 1.82) is 0 Å². The second-order valence-corrected chi connectivity index (χ2v) is 4.79. The number of carboxylic acid groups (broad SMARTS) is 1. The number of aliphatic hydroxyl groups is 1. The molecule has 0 aromatic heterocycles. The minimum atomic E-state index is -1.16. The van der Waals surface area contributed by atoms with Crippen molar-refractivity contribution in [1.82, 2.24) is 0 Å². The summed E-state index contributed by atoms with van der Waals surface area (Å²) in [6.45, 7) is 0.170. The lowest BCUT2D eigenvalue weighted by molar-refractivity contribution is -0.117. The highest BCUT2D eigenvalue weighted by molar-refractivity contribution is 6.04. The summed E-state index contributed by atoms with van der Waals surface area (Å²) in [5.41, 5.74) is 0.209. The van der Waals surface area contributed by atoms with Gasteiger partial charge >= 0.3 is 5.97 Å². The Balaban J connectivity index is 2.51. The van der Waals surface area contributed by atoms with Gasteiger partial charge in [0.25, 0.3) is 0 Å². The highest BCUT2D eigenvalue weighted by Crippen LogP contribution is 2.37. The zero-order valence-corrected chi connectivity index (χ0v) is 11.8. The van der Waals surface area contributed by atoms with E-state index in [4.69, 9.17) is 9.47 Å². The van der Waals surface area contributed by atoms with Gasteiger partial charge in [0.05, 0.1) is 25.5 Å². The molecule has 0 radical (unpaired) electrons. The maximum absolute atomic E-state index is 12.0. The number of nitrogens with zero attached hydrogens (tertiary/aromatic N) is 1. The van der Waals surface area contributed by atoms with Crippen molar-refractivity contribution in [2.45, 2.75) is 6.42 Å². The second-order valence-electron chi connectivity index (χ2n) is 4.79. The molecule has 1 amide bonds. The first-order valence-corrected chi connectivity index (χ1v) is 6.42. The summed E-state index contributed by atoms with van der Waals surface area (Å²) in [6, 6.07) is 2.80. The van der Waals surface area contributed by atoms with Crippen LogP contribution in [0.25, 0.3) is 0 Å². The molecule has 1 aromatic rings. The van der Waals surface area contributed by atoms with Crippen molar-refractivity contribution in [2.24, 2.45) is 5.92 Å². The largest absolute Gasteiger partial charge is 0.493 e. The number of rotatable bonds is 5. The van der Waals surface area contributed by atoms with Gasteiger partial charge in [-0.3, -0.25) is 4.79 Å². The summed E-state index contributed by atoms with van der Waals surface area (Å²) in [5.74, 6) is -0.941. The summed E-state index contributed by atoms with van der Waals surface area (Å²) >= 11 is 0. The Labute approximate surface area is 121 Å². The second kappa shape index (κ2) is 6.01. The summed E-state index contributed by atoms with van der Waals surface area (Å²) < 4.78 is 10.2. The van der Waals surface area contributed by atoms with Gasteiger partial charge in [0.15, 0.2) is 11.5 Å². The normalized spacial score (nSPS) is 18.0. The van der Waals surface area contributed by atoms with Crippen LogP contribution in [0.5, 0.6) is 11.5 Å². The molecule has 1 saturated heterocycles. The van der Waals surface area contributed by atoms with E-state index in [9.17, 15) is 19.8 Å². The number of carbonyl (C=O) groups is 2. The molecule has 0 saturated carbocycles. The lowest BCUT2D eigenvalue weighted by Gasteiger charge is -2.21. The molecule has 2 N–H and O–H groups in total. The number of aliphatic hydroxyl groups excluding tert-OH is 1. The summed E-state index contributed by atoms with van der Waals surface area (Å²) in [5, 5.41) is 18.5. The van der Waals surface area contributed by atoms with Crippen LogP contribution in [0.4, 0.5) is 5.69 Å². The number of carboxylic acids is 1. The number of aromatic carboxylic acids is 1. The minimum absolute atomic E-state index is 0.0420. The van der Waals surface area contributed by atoms with Crippen molar-refractivity contribution < 1.29 is 29.3 Å². The van der Waals surface area contributed by atoms with Crippen LogP contribution in [0, 0.1) is 5.92 Å². The Bertz CT molecular complexity index is 571. The van der Waals surface area contributed by atoms with Gasteiger partial charge in [-0.25, -0.2) is 4.79 Å². The fraction of sp³-hybridized carbons (Fsp3) is 0.429. The molecule has 7 nitrogen and oxygen atoms in total. The monoisotopic (exact) mass is 295 g/mol. The van der Waals surface area contributed by atoms with Gasteiger partial charge in [0, 0.05) is 37.6 Å². The third-order valence-electron chi connectivity index (χ3n) is 3.49. The van der Waals surface area contributed by atoms with Crippen molar-refractivity contribution in [3.63, 3.8) is 0 Å². The molecule has 0 aliphatic carbocycles. The Kier molecular flexibility index (Phi) is 4.32. The Morgan fingerprint density at radius 3 is 2.43 bits per heavy atom. The third kappa shape index (κ3) is 2.78. The maximum Gasteiger partial charge on any atom is 0.337 e. The number of hydrogen-bond acceptors (Lipinski definition) is 5. The van der Waals surface area contributed by atoms with Gasteiger partial charge in [0.2, 0.25) is 5.91 Å². The number of benzene rings is 1. The van der Waals surface area contributed by atoms with E-state index >= 15 is 0 Å². The van der Waals surface area contributed by atoms with Crippen LogP contribution in [0.15, 0.2) is 12.1 Å². The van der Waals surface area contributed by atoms with Crippen molar-refractivity contribution in [3.05, 3.63) is 17.7 Å². The molecular weight excluding hydrogens is 278 g/mol. The first kappa shape index (κ1) is 15.1. The van der Waals surface area contributed by atoms with E-state index in [1.165, 1.54) is 31.3 Å². The van der Waals surface area contributed by atoms with E-state index in [1.54, 1.807) is 0 Å². The summed E-state index contributed by atoms with van der Waals surface area (Å²) in [4.78, 5) is 24.8. The van der Waals surface area contributed by atoms with Crippen LogP contribution in [-0.2, 0) is 4.79 Å². The number of hydrogen-bond donors (Lipinski definition) is 2. The first-order chi connectivity index (χ1) is 10.0. The highest BCUT2D eigenvalue weighted by atomic mass is 16.5. The van der Waals surface area contributed by atoms with E-state index in [-0.39, 0.29) is 48.4 Å². The molecular formula is C14H17NO6. The van der Waals surface area contributed by atoms with Crippen molar-refractivity contribution >= 4 is 17.6 Å². The highest BCUT2D eigenvalue weighted by Gasteiger charge is 2.33. The number of amides is 1. The predicted molar refractivity (Wildman–Crippen MR) is 74.1 cm³/mol. The fourth-order valence-corrected chi connectivity index (χ4v) is 2.40. The standard InChI is InChI=1S/C14H17NO6/c1-20-11-4-9(14(18)19)10(5-12(11)21-2)15-6-8(7-16)3-13(15)17/h4-5,8,16H,3,6-7H2,1-2H3,(H,18,19). The lowest BCUT2D eigenvalue weighted by atomic mass is 10.1. The molecule has 1 aliphatic heterocycles. The average molecular weight is 295 g/mol. The van der Waals surface area contributed by atoms with Crippen molar-refractivity contribution in [2.75, 3.05) is 32.3 Å². The van der Waals surface area contributed by atoms with Gasteiger partial charge in [-0.05, 0) is 0 Å². The molecule has 114 valence electrons. The number of ether oxygens (including phenoxy) is 2. The quantitative estimate of drug-likeness (QED) is 0.832. The van der Waals surface area contributed by atoms with Crippen LogP contribution in [-0.4, -0.2) is 49.5 Å². The fourth-order valence-electron chi connectivity index (χ4n) is 2.40. The molecule has 1 fully saturated rings. The Hall–Kier alpha value is -2.28. The van der Waals surface area contributed by atoms with Gasteiger partial charge in [0.1, 0.15) is 0 Å². The third-order valence-corrected chi connectivity index (χ3v) is 3.49. The zero-order valence-electron chi connectivity index (χ0n) is 11.8. The smallest absolute Gasteiger partial charge is 0.337 e. The maximum atomic E-state index is 12.0. The van der Waals surface area contributed by atoms with Crippen LogP contribution >= 0.6 is 0 Å². The summed E-state index contributed by atoms with van der Waals surface area (Å²) in [6.07, 6.45) is 0.198. The van der Waals surface area contributed by atoms with E-state index in [0.29, 0.717) is 5.75 Å². The Morgan fingerprint density at radius 2 is 1.95 bits per heavy atom. The number of anilines is 1. The minimum Gasteiger partial charge on any atom is -0.493 e. The zero-order chi connectivity index (χ0) is 15.6. The van der Waals surface area contributed by atoms with E-state index in [1.807, 2.05) is 0 Å². The Morgan fingerprint density at radius 1 is 1.33 bits per heavy atom. The molecule has 7 heteroatoms. The number of methoxy groups -OCH3 is 2.